The van der Waals surface area contributed by atoms with Gasteiger partial charge in [0.1, 0.15) is 0 Å². The van der Waals surface area contributed by atoms with Crippen LogP contribution < -0.4 is 24.8 Å². The molecule has 0 atom stereocenters. The third-order valence-electron chi connectivity index (χ3n) is 7.84. The number of benzene rings is 4. The van der Waals surface area contributed by atoms with E-state index in [1.807, 2.05) is 0 Å². The second-order valence-corrected chi connectivity index (χ2v) is 23.6. The SMILES string of the molecule is C[Si](C)=[Zr+2].Cc1cc2c(-c3ccccc3C(C)(C)C)cccc2[cH-]1.Cc1cc2c(-c3ccccc3C(C)(C)C)cccc2[cH-]1.[Cl-].[Cl-]. The van der Waals surface area contributed by atoms with E-state index in [-0.39, 0.29) is 41.1 Å². The molecule has 0 spiro atoms. The van der Waals surface area contributed by atoms with Crippen molar-refractivity contribution in [1.29, 1.82) is 0 Å². The van der Waals surface area contributed by atoms with E-state index < -0.39 is 0 Å². The van der Waals surface area contributed by atoms with E-state index in [0.29, 0.717) is 0 Å². The molecule has 240 valence electrons. The molecule has 0 aliphatic carbocycles. The number of fused-ring (bicyclic) bond motifs is 2. The quantitative estimate of drug-likeness (QED) is 0.141. The standard InChI is InChI=1S/2C20H21.C2H6Si.2ClH.Zr/c2*1-14-12-15-8-7-10-16(18(15)13-14)17-9-5-6-11-19(17)20(2,3)4;1-3-2;;;/h2*5-13H,1-4H3;1-2H3;2*1H;/q2*-1;;;;+2/p-2. The molecule has 0 unspecified atom stereocenters. The molecule has 46 heavy (non-hydrogen) atoms. The van der Waals surface area contributed by atoms with Crippen LogP contribution in [-0.2, 0) is 34.2 Å². The number of hydrogen-bond donors (Lipinski definition) is 0. The summed E-state index contributed by atoms with van der Waals surface area (Å²) in [5, 5.41) is 5.40. The zero-order chi connectivity index (χ0) is 32.2. The second kappa shape index (κ2) is 16.7. The molecular weight excluding hydrogens is 695 g/mol. The fourth-order valence-corrected chi connectivity index (χ4v) is 5.98. The molecule has 0 saturated heterocycles. The average molecular weight is 743 g/mol. The van der Waals surface area contributed by atoms with Gasteiger partial charge >= 0.3 is 41.9 Å². The molecule has 0 aromatic heterocycles. The van der Waals surface area contributed by atoms with Gasteiger partial charge in [-0.25, -0.2) is 0 Å². The topological polar surface area (TPSA) is 0 Å². The summed E-state index contributed by atoms with van der Waals surface area (Å²) in [6.07, 6.45) is 0. The van der Waals surface area contributed by atoms with Crippen molar-refractivity contribution in [2.75, 3.05) is 0 Å². The Labute approximate surface area is 306 Å². The Kier molecular flexibility index (Phi) is 14.5. The predicted molar refractivity (Wildman–Crippen MR) is 194 cm³/mol. The molecule has 0 fully saturated rings. The van der Waals surface area contributed by atoms with Crippen molar-refractivity contribution < 1.29 is 48.1 Å². The second-order valence-electron chi connectivity index (χ2n) is 14.3. The minimum absolute atomic E-state index is 0. The van der Waals surface area contributed by atoms with Crippen LogP contribution in [0.4, 0.5) is 0 Å². The van der Waals surface area contributed by atoms with E-state index in [1.165, 1.54) is 66.1 Å². The summed E-state index contributed by atoms with van der Waals surface area (Å²) >= 11 is 1.74. The Hall–Kier alpha value is -2.22. The van der Waals surface area contributed by atoms with Gasteiger partial charge in [0.15, 0.2) is 0 Å². The van der Waals surface area contributed by atoms with Crippen LogP contribution in [0.15, 0.2) is 109 Å². The van der Waals surface area contributed by atoms with Crippen LogP contribution in [0.2, 0.25) is 13.1 Å². The van der Waals surface area contributed by atoms with Crippen LogP contribution >= 0.6 is 0 Å². The van der Waals surface area contributed by atoms with Crippen molar-refractivity contribution in [1.82, 2.24) is 0 Å². The molecule has 6 rings (SSSR count). The fraction of sp³-hybridized carbons (Fsp3) is 0.286. The van der Waals surface area contributed by atoms with E-state index in [9.17, 15) is 0 Å². The number of hydrogen-bond acceptors (Lipinski definition) is 0. The van der Waals surface area contributed by atoms with Crippen molar-refractivity contribution in [2.24, 2.45) is 0 Å². The van der Waals surface area contributed by atoms with Crippen LogP contribution in [0.25, 0.3) is 43.8 Å². The Morgan fingerprint density at radius 1 is 0.500 bits per heavy atom. The summed E-state index contributed by atoms with van der Waals surface area (Å²) < 4.78 is 0. The van der Waals surface area contributed by atoms with Crippen molar-refractivity contribution in [2.45, 2.75) is 79.3 Å². The number of aryl methyl sites for hydroxylation is 2. The van der Waals surface area contributed by atoms with Crippen molar-refractivity contribution in [3.8, 4) is 22.3 Å². The molecule has 0 aliphatic heterocycles. The molecule has 4 heteroatoms. The Morgan fingerprint density at radius 2 is 0.804 bits per heavy atom. The molecule has 0 aliphatic rings. The van der Waals surface area contributed by atoms with Gasteiger partial charge in [-0.15, -0.1) is 69.1 Å². The summed E-state index contributed by atoms with van der Waals surface area (Å²) in [6, 6.07) is 39.9. The minimum atomic E-state index is 0. The summed E-state index contributed by atoms with van der Waals surface area (Å²) in [6.45, 7) is 22.6. The van der Waals surface area contributed by atoms with Gasteiger partial charge in [-0.2, -0.15) is 12.1 Å². The maximum Gasteiger partial charge on any atom is -0.0126 e. The van der Waals surface area contributed by atoms with Gasteiger partial charge < -0.3 is 24.8 Å². The summed E-state index contributed by atoms with van der Waals surface area (Å²) in [5.74, 6) is 0. The molecule has 0 amide bonds. The van der Waals surface area contributed by atoms with Gasteiger partial charge in [0.25, 0.3) is 0 Å². The average Bonchev–Trinajstić information content (AvgIpc) is 3.52. The molecule has 0 N–H and O–H groups in total. The largest absolute Gasteiger partial charge is 1.00 e. The van der Waals surface area contributed by atoms with Crippen molar-refractivity contribution in [3.63, 3.8) is 0 Å². The first-order chi connectivity index (χ1) is 20.7. The molecule has 6 aromatic rings. The van der Waals surface area contributed by atoms with E-state index in [2.05, 4.69) is 178 Å². The molecule has 0 heterocycles. The summed E-state index contributed by atoms with van der Waals surface area (Å²) in [7, 11) is 0. The minimum Gasteiger partial charge on any atom is -1.00 e. The maximum atomic E-state index is 2.31. The zero-order valence-corrected chi connectivity index (χ0v) is 34.1. The van der Waals surface area contributed by atoms with Crippen molar-refractivity contribution >= 4 is 27.0 Å². The van der Waals surface area contributed by atoms with Gasteiger partial charge in [0.2, 0.25) is 0 Å². The van der Waals surface area contributed by atoms with Crippen LogP contribution in [0.1, 0.15) is 63.8 Å². The Bertz CT molecular complexity index is 1760. The number of halogens is 2. The first-order valence-electron chi connectivity index (χ1n) is 15.7. The van der Waals surface area contributed by atoms with E-state index >= 15 is 0 Å². The Balaban J connectivity index is 0.000000276. The molecule has 0 nitrogen and oxygen atoms in total. The van der Waals surface area contributed by atoms with Crippen LogP contribution in [0, 0.1) is 13.8 Å². The normalized spacial score (nSPS) is 11.0. The van der Waals surface area contributed by atoms with Crippen LogP contribution in [-0.4, -0.2) is 5.43 Å². The van der Waals surface area contributed by atoms with Gasteiger partial charge in [-0.3, -0.25) is 0 Å². The van der Waals surface area contributed by atoms with Gasteiger partial charge in [-0.05, 0) is 33.1 Å². The first kappa shape index (κ1) is 40.0. The number of rotatable bonds is 2. The van der Waals surface area contributed by atoms with E-state index in [1.54, 1.807) is 23.3 Å². The van der Waals surface area contributed by atoms with Gasteiger partial charge in [0.05, 0.1) is 0 Å². The third-order valence-corrected chi connectivity index (χ3v) is 7.84. The molecule has 0 bridgehead atoms. The third kappa shape index (κ3) is 9.90. The van der Waals surface area contributed by atoms with Gasteiger partial charge in [-0.1, -0.05) is 127 Å². The Morgan fingerprint density at radius 3 is 1.13 bits per heavy atom. The molecule has 6 aromatic carbocycles. The van der Waals surface area contributed by atoms with Gasteiger partial charge in [0, 0.05) is 0 Å². The fourth-order valence-electron chi connectivity index (χ4n) is 5.98. The molecule has 0 radical (unpaired) electrons. The maximum absolute atomic E-state index is 2.31. The summed E-state index contributed by atoms with van der Waals surface area (Å²) in [4.78, 5) is 0. The predicted octanol–water partition coefficient (Wildman–Crippen LogP) is 6.46. The monoisotopic (exact) mass is 740 g/mol. The van der Waals surface area contributed by atoms with Crippen molar-refractivity contribution in [3.05, 3.63) is 131 Å². The molecular formula is C42H48Cl2SiZr-2. The van der Waals surface area contributed by atoms with E-state index in [0.717, 1.165) is 0 Å². The summed E-state index contributed by atoms with van der Waals surface area (Å²) in [5.41, 5.74) is 11.4. The van der Waals surface area contributed by atoms with Crippen LogP contribution in [0.3, 0.4) is 0 Å². The smallest absolute Gasteiger partial charge is 0.0126 e. The molecule has 0 saturated carbocycles. The van der Waals surface area contributed by atoms with E-state index in [4.69, 9.17) is 0 Å². The first-order valence-corrected chi connectivity index (χ1v) is 21.9. The zero-order valence-electron chi connectivity index (χ0n) is 29.1. The van der Waals surface area contributed by atoms with Crippen LogP contribution in [0.5, 0.6) is 0 Å².